The van der Waals surface area contributed by atoms with Crippen LogP contribution in [0.5, 0.6) is 11.5 Å². The van der Waals surface area contributed by atoms with Gasteiger partial charge in [-0.2, -0.15) is 0 Å². The second-order valence-electron chi connectivity index (χ2n) is 7.93. The van der Waals surface area contributed by atoms with E-state index >= 15 is 0 Å². The van der Waals surface area contributed by atoms with Crippen LogP contribution < -0.4 is 20.1 Å². The molecule has 0 bridgehead atoms. The Bertz CT molecular complexity index is 863. The van der Waals surface area contributed by atoms with E-state index in [4.69, 9.17) is 19.2 Å². The molecule has 2 aromatic rings. The highest BCUT2D eigenvalue weighted by Gasteiger charge is 2.19. The molecule has 1 fully saturated rings. The zero-order valence-electron chi connectivity index (χ0n) is 19.1. The smallest absolute Gasteiger partial charge is 0.191 e. The summed E-state index contributed by atoms with van der Waals surface area (Å²) in [6, 6.07) is 14.4. The molecule has 0 aromatic heterocycles. The molecule has 168 valence electrons. The van der Waals surface area contributed by atoms with Gasteiger partial charge in [-0.15, -0.1) is 0 Å². The molecule has 2 aromatic carbocycles. The summed E-state index contributed by atoms with van der Waals surface area (Å²) >= 11 is 0. The van der Waals surface area contributed by atoms with Crippen molar-refractivity contribution in [2.75, 3.05) is 33.4 Å². The summed E-state index contributed by atoms with van der Waals surface area (Å²) < 4.78 is 17.2. The second-order valence-corrected chi connectivity index (χ2v) is 7.93. The van der Waals surface area contributed by atoms with Crippen molar-refractivity contribution in [1.29, 1.82) is 0 Å². The van der Waals surface area contributed by atoms with Crippen molar-refractivity contribution >= 4 is 5.96 Å². The Hall–Kier alpha value is -2.73. The lowest BCUT2D eigenvalue weighted by atomic mass is 10.0. The van der Waals surface area contributed by atoms with Gasteiger partial charge in [0.15, 0.2) is 5.96 Å². The highest BCUT2D eigenvalue weighted by atomic mass is 16.5. The SMILES string of the molecule is CCNC(=NCc1ccc(C)cc1OC1CCOC1)NCC(C)c1ccccc1OC. The Kier molecular flexibility index (Phi) is 8.59. The zero-order valence-corrected chi connectivity index (χ0v) is 19.1. The number of nitrogens with one attached hydrogen (secondary N) is 2. The van der Waals surface area contributed by atoms with E-state index in [2.05, 4.69) is 55.7 Å². The van der Waals surface area contributed by atoms with Gasteiger partial charge in [-0.05, 0) is 37.1 Å². The van der Waals surface area contributed by atoms with Crippen molar-refractivity contribution in [3.63, 3.8) is 0 Å². The van der Waals surface area contributed by atoms with Gasteiger partial charge in [0.2, 0.25) is 0 Å². The topological polar surface area (TPSA) is 64.1 Å². The standard InChI is InChI=1S/C25H35N3O3/c1-5-26-25(27-15-19(3)22-8-6-7-9-23(22)29-4)28-16-20-11-10-18(2)14-24(20)31-21-12-13-30-17-21/h6-11,14,19,21H,5,12-13,15-17H2,1-4H3,(H2,26,27,28). The van der Waals surface area contributed by atoms with E-state index in [1.54, 1.807) is 7.11 Å². The number of methoxy groups -OCH3 is 1. The van der Waals surface area contributed by atoms with Gasteiger partial charge in [0.05, 0.1) is 26.9 Å². The van der Waals surface area contributed by atoms with Crippen LogP contribution in [0.3, 0.4) is 0 Å². The lowest BCUT2D eigenvalue weighted by molar-refractivity contribution is 0.140. The monoisotopic (exact) mass is 425 g/mol. The van der Waals surface area contributed by atoms with Crippen LogP contribution in [0.4, 0.5) is 0 Å². The molecule has 2 unspecified atom stereocenters. The van der Waals surface area contributed by atoms with Gasteiger partial charge in [0, 0.05) is 31.0 Å². The van der Waals surface area contributed by atoms with E-state index in [-0.39, 0.29) is 12.0 Å². The summed E-state index contributed by atoms with van der Waals surface area (Å²) in [7, 11) is 1.71. The summed E-state index contributed by atoms with van der Waals surface area (Å²) in [5.41, 5.74) is 3.44. The molecular formula is C25H35N3O3. The van der Waals surface area contributed by atoms with E-state index in [0.29, 0.717) is 13.2 Å². The van der Waals surface area contributed by atoms with Gasteiger partial charge < -0.3 is 24.8 Å². The summed E-state index contributed by atoms with van der Waals surface area (Å²) in [5.74, 6) is 2.88. The molecule has 2 N–H and O–H groups in total. The van der Waals surface area contributed by atoms with Gasteiger partial charge in [-0.25, -0.2) is 4.99 Å². The molecule has 0 spiro atoms. The van der Waals surface area contributed by atoms with Gasteiger partial charge in [0.25, 0.3) is 0 Å². The summed E-state index contributed by atoms with van der Waals surface area (Å²) in [5, 5.41) is 6.81. The Balaban J connectivity index is 1.66. The Labute approximate surface area is 186 Å². The fraction of sp³-hybridized carbons (Fsp3) is 0.480. The number of aryl methyl sites for hydroxylation is 1. The third-order valence-corrected chi connectivity index (χ3v) is 5.40. The van der Waals surface area contributed by atoms with E-state index in [1.165, 1.54) is 11.1 Å². The largest absolute Gasteiger partial charge is 0.496 e. The molecule has 1 aliphatic heterocycles. The van der Waals surface area contributed by atoms with E-state index < -0.39 is 0 Å². The normalized spacial score (nSPS) is 17.3. The van der Waals surface area contributed by atoms with Crippen molar-refractivity contribution in [2.24, 2.45) is 4.99 Å². The molecule has 31 heavy (non-hydrogen) atoms. The van der Waals surface area contributed by atoms with E-state index in [9.17, 15) is 0 Å². The van der Waals surface area contributed by atoms with Crippen LogP contribution in [0.25, 0.3) is 0 Å². The number of ether oxygens (including phenoxy) is 3. The van der Waals surface area contributed by atoms with Crippen LogP contribution in [0.1, 0.15) is 42.9 Å². The number of para-hydroxylation sites is 1. The maximum absolute atomic E-state index is 6.21. The van der Waals surface area contributed by atoms with Crippen molar-refractivity contribution in [2.45, 2.75) is 45.8 Å². The first-order valence-corrected chi connectivity index (χ1v) is 11.1. The zero-order chi connectivity index (χ0) is 22.1. The first kappa shape index (κ1) is 22.9. The fourth-order valence-corrected chi connectivity index (χ4v) is 3.63. The molecule has 6 nitrogen and oxygen atoms in total. The molecule has 0 aliphatic carbocycles. The van der Waals surface area contributed by atoms with Crippen LogP contribution in [0, 0.1) is 6.92 Å². The molecule has 0 saturated carbocycles. The number of aliphatic imine (C=N–C) groups is 1. The van der Waals surface area contributed by atoms with E-state index in [0.717, 1.165) is 49.1 Å². The lowest BCUT2D eigenvalue weighted by Gasteiger charge is -2.19. The Morgan fingerprint density at radius 1 is 1.19 bits per heavy atom. The van der Waals surface area contributed by atoms with Crippen LogP contribution in [-0.2, 0) is 11.3 Å². The van der Waals surface area contributed by atoms with Crippen LogP contribution in [-0.4, -0.2) is 45.5 Å². The second kappa shape index (κ2) is 11.6. The first-order chi connectivity index (χ1) is 15.1. The van der Waals surface area contributed by atoms with Crippen LogP contribution in [0.2, 0.25) is 0 Å². The minimum Gasteiger partial charge on any atom is -0.496 e. The highest BCUT2D eigenvalue weighted by molar-refractivity contribution is 5.79. The molecule has 3 rings (SSSR count). The van der Waals surface area contributed by atoms with Gasteiger partial charge in [-0.3, -0.25) is 0 Å². The first-order valence-electron chi connectivity index (χ1n) is 11.1. The number of benzene rings is 2. The van der Waals surface area contributed by atoms with Crippen LogP contribution >= 0.6 is 0 Å². The number of rotatable bonds is 9. The number of hydrogen-bond donors (Lipinski definition) is 2. The van der Waals surface area contributed by atoms with Gasteiger partial charge >= 0.3 is 0 Å². The molecular weight excluding hydrogens is 390 g/mol. The Morgan fingerprint density at radius 2 is 2.03 bits per heavy atom. The predicted octanol–water partition coefficient (Wildman–Crippen LogP) is 4.03. The van der Waals surface area contributed by atoms with Crippen molar-refractivity contribution in [3.05, 3.63) is 59.2 Å². The minimum atomic E-state index is 0.123. The van der Waals surface area contributed by atoms with Crippen LogP contribution in [0.15, 0.2) is 47.5 Å². The predicted molar refractivity (Wildman–Crippen MR) is 125 cm³/mol. The van der Waals surface area contributed by atoms with Crippen molar-refractivity contribution < 1.29 is 14.2 Å². The average Bonchev–Trinajstić information content (AvgIpc) is 3.29. The Morgan fingerprint density at radius 3 is 2.77 bits per heavy atom. The third kappa shape index (κ3) is 6.62. The molecule has 1 heterocycles. The van der Waals surface area contributed by atoms with Gasteiger partial charge in [-0.1, -0.05) is 37.3 Å². The number of guanidine groups is 1. The molecule has 2 atom stereocenters. The molecule has 6 heteroatoms. The minimum absolute atomic E-state index is 0.123. The number of hydrogen-bond acceptors (Lipinski definition) is 4. The summed E-state index contributed by atoms with van der Waals surface area (Å²) in [4.78, 5) is 4.81. The molecule has 0 radical (unpaired) electrons. The summed E-state index contributed by atoms with van der Waals surface area (Å²) in [6.45, 7) is 9.85. The summed E-state index contributed by atoms with van der Waals surface area (Å²) in [6.07, 6.45) is 1.05. The lowest BCUT2D eigenvalue weighted by Crippen LogP contribution is -2.39. The third-order valence-electron chi connectivity index (χ3n) is 5.40. The van der Waals surface area contributed by atoms with Gasteiger partial charge in [0.1, 0.15) is 17.6 Å². The molecule has 1 aliphatic rings. The fourth-order valence-electron chi connectivity index (χ4n) is 3.63. The molecule has 1 saturated heterocycles. The molecule has 0 amide bonds. The van der Waals surface area contributed by atoms with Crippen molar-refractivity contribution in [1.82, 2.24) is 10.6 Å². The van der Waals surface area contributed by atoms with E-state index in [1.807, 2.05) is 18.2 Å². The maximum atomic E-state index is 6.21. The maximum Gasteiger partial charge on any atom is 0.191 e. The number of nitrogens with zero attached hydrogens (tertiary/aromatic N) is 1. The quantitative estimate of drug-likeness (QED) is 0.469. The van der Waals surface area contributed by atoms with Crippen molar-refractivity contribution in [3.8, 4) is 11.5 Å². The average molecular weight is 426 g/mol. The highest BCUT2D eigenvalue weighted by Crippen LogP contribution is 2.26.